The van der Waals surface area contributed by atoms with Crippen LogP contribution in [0.5, 0.6) is 0 Å². The fraction of sp³-hybridized carbons (Fsp3) is 0. The van der Waals surface area contributed by atoms with Gasteiger partial charge in [0.05, 0.1) is 0 Å². The van der Waals surface area contributed by atoms with E-state index in [9.17, 15) is 9.18 Å². The normalized spacial score (nSPS) is 10.1. The summed E-state index contributed by atoms with van der Waals surface area (Å²) >= 11 is 1.23. The molecule has 0 fully saturated rings. The van der Waals surface area contributed by atoms with Crippen LogP contribution in [0.15, 0.2) is 52.5 Å². The number of rotatable bonds is 3. The molecule has 0 aliphatic carbocycles. The Bertz CT molecular complexity index is 499. The molecular weight excluding hydrogens is 225 g/mol. The molecule has 0 unspecified atom stereocenters. The Labute approximate surface area is 96.5 Å². The second-order valence-electron chi connectivity index (χ2n) is 3.08. The molecule has 80 valence electrons. The van der Waals surface area contributed by atoms with Crippen LogP contribution in [0, 0.1) is 5.82 Å². The summed E-state index contributed by atoms with van der Waals surface area (Å²) in [5.74, 6) is -0.270. The molecule has 4 heteroatoms. The number of carbonyl (C=O) groups excluding carboxylic acids is 1. The van der Waals surface area contributed by atoms with Gasteiger partial charge in [0.25, 0.3) is 0 Å². The van der Waals surface area contributed by atoms with Gasteiger partial charge in [-0.3, -0.25) is 4.79 Å². The predicted octanol–water partition coefficient (Wildman–Crippen LogP) is 3.18. The van der Waals surface area contributed by atoms with Crippen molar-refractivity contribution in [3.05, 3.63) is 54.0 Å². The zero-order valence-electron chi connectivity index (χ0n) is 8.26. The average Bonchev–Trinajstić information content (AvgIpc) is 2.33. The highest BCUT2D eigenvalue weighted by Crippen LogP contribution is 2.27. The van der Waals surface area contributed by atoms with Crippen LogP contribution in [-0.4, -0.2) is 11.3 Å². The molecule has 0 saturated carbocycles. The van der Waals surface area contributed by atoms with Gasteiger partial charge in [-0.2, -0.15) is 0 Å². The molecule has 0 atom stereocenters. The number of benzene rings is 1. The van der Waals surface area contributed by atoms with Crippen LogP contribution >= 0.6 is 11.8 Å². The topological polar surface area (TPSA) is 30.0 Å². The molecule has 0 spiro atoms. The summed E-state index contributed by atoms with van der Waals surface area (Å²) in [6.07, 6.45) is 2.20. The first-order valence-electron chi connectivity index (χ1n) is 4.63. The summed E-state index contributed by atoms with van der Waals surface area (Å²) in [4.78, 5) is 15.0. The van der Waals surface area contributed by atoms with Gasteiger partial charge in [0.1, 0.15) is 10.8 Å². The van der Waals surface area contributed by atoms with Crippen molar-refractivity contribution >= 4 is 18.0 Å². The van der Waals surface area contributed by atoms with E-state index in [2.05, 4.69) is 4.98 Å². The number of halogens is 1. The largest absolute Gasteiger partial charge is 0.298 e. The van der Waals surface area contributed by atoms with E-state index in [4.69, 9.17) is 0 Å². The van der Waals surface area contributed by atoms with Gasteiger partial charge in [-0.05, 0) is 24.3 Å². The maximum Gasteiger partial charge on any atom is 0.151 e. The third-order valence-corrected chi connectivity index (χ3v) is 2.95. The fourth-order valence-corrected chi connectivity index (χ4v) is 1.94. The second-order valence-corrected chi connectivity index (χ2v) is 4.14. The van der Waals surface area contributed by atoms with Crippen molar-refractivity contribution in [2.45, 2.75) is 9.92 Å². The summed E-state index contributed by atoms with van der Waals surface area (Å²) in [5.41, 5.74) is 0.512. The Balaban J connectivity index is 2.21. The monoisotopic (exact) mass is 233 g/mol. The Morgan fingerprint density at radius 2 is 2.00 bits per heavy atom. The molecule has 2 nitrogen and oxygen atoms in total. The molecule has 0 radical (unpaired) electrons. The van der Waals surface area contributed by atoms with Gasteiger partial charge < -0.3 is 0 Å². The quantitative estimate of drug-likeness (QED) is 0.763. The first-order valence-corrected chi connectivity index (χ1v) is 5.45. The molecule has 1 aromatic carbocycles. The molecule has 1 heterocycles. The van der Waals surface area contributed by atoms with Crippen LogP contribution in [0.2, 0.25) is 0 Å². The molecule has 2 rings (SSSR count). The molecule has 2 aromatic rings. The van der Waals surface area contributed by atoms with Crippen LogP contribution in [0.25, 0.3) is 0 Å². The van der Waals surface area contributed by atoms with Crippen LogP contribution < -0.4 is 0 Å². The molecule has 0 saturated heterocycles. The number of hydrogen-bond donors (Lipinski definition) is 0. The van der Waals surface area contributed by atoms with E-state index in [1.807, 2.05) is 0 Å². The van der Waals surface area contributed by atoms with E-state index in [1.165, 1.54) is 24.0 Å². The zero-order chi connectivity index (χ0) is 11.4. The van der Waals surface area contributed by atoms with E-state index < -0.39 is 0 Å². The first-order chi connectivity index (χ1) is 7.79. The number of carbonyl (C=O) groups is 1. The van der Waals surface area contributed by atoms with Crippen molar-refractivity contribution in [1.29, 1.82) is 0 Å². The smallest absolute Gasteiger partial charge is 0.151 e. The van der Waals surface area contributed by atoms with Crippen molar-refractivity contribution in [2.24, 2.45) is 0 Å². The van der Waals surface area contributed by atoms with Crippen LogP contribution in [0.3, 0.4) is 0 Å². The highest BCUT2D eigenvalue weighted by Gasteiger charge is 2.03. The minimum atomic E-state index is -0.270. The molecule has 0 bridgehead atoms. The summed E-state index contributed by atoms with van der Waals surface area (Å²) in [6, 6.07) is 9.86. The Kier molecular flexibility index (Phi) is 3.31. The summed E-state index contributed by atoms with van der Waals surface area (Å²) in [6.45, 7) is 0. The van der Waals surface area contributed by atoms with Gasteiger partial charge in [0.15, 0.2) is 6.29 Å². The minimum absolute atomic E-state index is 0.270. The molecule has 1 aromatic heterocycles. The Hall–Kier alpha value is -1.68. The SMILES string of the molecule is O=Cc1ccc(Sc2ccccc2F)nc1. The van der Waals surface area contributed by atoms with Crippen LogP contribution in [0.4, 0.5) is 4.39 Å². The lowest BCUT2D eigenvalue weighted by molar-refractivity contribution is 0.112. The molecular formula is C12H8FNOS. The molecule has 0 N–H and O–H groups in total. The first kappa shape index (κ1) is 10.8. The summed E-state index contributed by atoms with van der Waals surface area (Å²) < 4.78 is 13.3. The van der Waals surface area contributed by atoms with Gasteiger partial charge in [-0.15, -0.1) is 0 Å². The van der Waals surface area contributed by atoms with E-state index in [0.29, 0.717) is 15.5 Å². The van der Waals surface area contributed by atoms with E-state index in [-0.39, 0.29) is 5.82 Å². The van der Waals surface area contributed by atoms with Crippen LogP contribution in [-0.2, 0) is 0 Å². The number of aromatic nitrogens is 1. The fourth-order valence-electron chi connectivity index (χ4n) is 1.16. The number of aldehydes is 1. The molecule has 0 amide bonds. The van der Waals surface area contributed by atoms with Crippen molar-refractivity contribution < 1.29 is 9.18 Å². The van der Waals surface area contributed by atoms with Gasteiger partial charge in [-0.1, -0.05) is 23.9 Å². The maximum atomic E-state index is 13.3. The van der Waals surface area contributed by atoms with Crippen LogP contribution in [0.1, 0.15) is 10.4 Å². The summed E-state index contributed by atoms with van der Waals surface area (Å²) in [5, 5.41) is 0.663. The lowest BCUT2D eigenvalue weighted by Crippen LogP contribution is -1.85. The lowest BCUT2D eigenvalue weighted by Gasteiger charge is -2.01. The average molecular weight is 233 g/mol. The standard InChI is InChI=1S/C12H8FNOS/c13-10-3-1-2-4-11(10)16-12-6-5-9(8-15)7-14-12/h1-8H. The molecule has 0 aliphatic heterocycles. The predicted molar refractivity (Wildman–Crippen MR) is 60.1 cm³/mol. The Morgan fingerprint density at radius 3 is 2.62 bits per heavy atom. The van der Waals surface area contributed by atoms with Crippen molar-refractivity contribution in [3.63, 3.8) is 0 Å². The second kappa shape index (κ2) is 4.90. The van der Waals surface area contributed by atoms with Gasteiger partial charge >= 0.3 is 0 Å². The van der Waals surface area contributed by atoms with Gasteiger partial charge in [0, 0.05) is 16.7 Å². The number of hydrogen-bond acceptors (Lipinski definition) is 3. The Morgan fingerprint density at radius 1 is 1.19 bits per heavy atom. The molecule has 16 heavy (non-hydrogen) atoms. The van der Waals surface area contributed by atoms with Gasteiger partial charge in [0.2, 0.25) is 0 Å². The third kappa shape index (κ3) is 2.46. The van der Waals surface area contributed by atoms with E-state index in [1.54, 1.807) is 30.3 Å². The third-order valence-electron chi connectivity index (χ3n) is 1.95. The number of pyridine rings is 1. The summed E-state index contributed by atoms with van der Waals surface area (Å²) in [7, 11) is 0. The van der Waals surface area contributed by atoms with E-state index >= 15 is 0 Å². The maximum absolute atomic E-state index is 13.3. The zero-order valence-corrected chi connectivity index (χ0v) is 9.08. The highest BCUT2D eigenvalue weighted by molar-refractivity contribution is 7.99. The van der Waals surface area contributed by atoms with Crippen molar-refractivity contribution in [3.8, 4) is 0 Å². The van der Waals surface area contributed by atoms with Crippen molar-refractivity contribution in [2.75, 3.05) is 0 Å². The van der Waals surface area contributed by atoms with E-state index in [0.717, 1.165) is 6.29 Å². The minimum Gasteiger partial charge on any atom is -0.298 e. The lowest BCUT2D eigenvalue weighted by atomic mass is 10.3. The molecule has 0 aliphatic rings. The van der Waals surface area contributed by atoms with Crippen molar-refractivity contribution in [1.82, 2.24) is 4.98 Å². The highest BCUT2D eigenvalue weighted by atomic mass is 32.2. The van der Waals surface area contributed by atoms with Gasteiger partial charge in [-0.25, -0.2) is 9.37 Å². The number of nitrogens with zero attached hydrogens (tertiary/aromatic N) is 1.